The summed E-state index contributed by atoms with van der Waals surface area (Å²) in [4.78, 5) is 0. The highest BCUT2D eigenvalue weighted by Gasteiger charge is 1.98. The summed E-state index contributed by atoms with van der Waals surface area (Å²) in [5, 5.41) is 0. The Morgan fingerprint density at radius 1 is 1.23 bits per heavy atom. The first-order valence-corrected chi connectivity index (χ1v) is 4.98. The topological polar surface area (TPSA) is 12.4 Å². The smallest absolute Gasteiger partial charge is 0.0561 e. The zero-order chi connectivity index (χ0) is 9.68. The maximum absolute atomic E-state index is 4.54. The third-order valence-electron chi connectivity index (χ3n) is 2.14. The van der Waals surface area contributed by atoms with Gasteiger partial charge in [-0.1, -0.05) is 38.1 Å². The van der Waals surface area contributed by atoms with Gasteiger partial charge in [0.15, 0.2) is 0 Å². The molecule has 0 radical (unpaired) electrons. The molecule has 1 rings (SSSR count). The number of benzene rings is 1. The number of rotatable bonds is 4. The number of nitrogens with zero attached hydrogens (tertiary/aromatic N) is 1. The maximum atomic E-state index is 4.54. The van der Waals surface area contributed by atoms with Gasteiger partial charge in [-0.25, -0.2) is 4.36 Å². The van der Waals surface area contributed by atoms with Gasteiger partial charge in [-0.15, -0.1) is 0 Å². The van der Waals surface area contributed by atoms with Crippen molar-refractivity contribution >= 4 is 12.4 Å². The summed E-state index contributed by atoms with van der Waals surface area (Å²) < 4.78 is 3.67. The summed E-state index contributed by atoms with van der Waals surface area (Å²) in [6, 6.07) is 8.69. The van der Waals surface area contributed by atoms with E-state index in [0.29, 0.717) is 5.92 Å². The van der Waals surface area contributed by atoms with E-state index < -0.39 is 0 Å². The number of hydrogen-bond acceptors (Lipinski definition) is 2. The van der Waals surface area contributed by atoms with Gasteiger partial charge in [0, 0.05) is 12.4 Å². The van der Waals surface area contributed by atoms with Crippen LogP contribution in [0.25, 0.3) is 0 Å². The molecular formula is C11H15NS. The van der Waals surface area contributed by atoms with Crippen molar-refractivity contribution in [3.05, 3.63) is 35.4 Å². The quantitative estimate of drug-likeness (QED) is 0.716. The van der Waals surface area contributed by atoms with E-state index in [-0.39, 0.29) is 0 Å². The molecule has 0 aliphatic heterocycles. The molecule has 0 aromatic heterocycles. The molecule has 13 heavy (non-hydrogen) atoms. The fourth-order valence-electron chi connectivity index (χ4n) is 1.24. The molecule has 0 spiro atoms. The summed E-state index contributed by atoms with van der Waals surface area (Å²) in [6.45, 7) is 5.15. The van der Waals surface area contributed by atoms with Gasteiger partial charge in [0.25, 0.3) is 0 Å². The van der Waals surface area contributed by atoms with Crippen LogP contribution in [0.1, 0.15) is 30.9 Å². The van der Waals surface area contributed by atoms with Gasteiger partial charge >= 0.3 is 0 Å². The predicted octanol–water partition coefficient (Wildman–Crippen LogP) is 3.08. The van der Waals surface area contributed by atoms with Crippen LogP contribution in [0.2, 0.25) is 0 Å². The Morgan fingerprint density at radius 2 is 1.85 bits per heavy atom. The van der Waals surface area contributed by atoms with Crippen molar-refractivity contribution in [1.82, 2.24) is 0 Å². The average Bonchev–Trinajstić information content (AvgIpc) is 2.15. The standard InChI is InChI=1S/C11H15NS/c1-9(2)11-5-3-10(4-6-11)7-8-12-13/h3-6,9H,7-8H2,1-2H3. The molecule has 0 aliphatic carbocycles. The lowest BCUT2D eigenvalue weighted by Crippen LogP contribution is -1.91. The van der Waals surface area contributed by atoms with Crippen LogP contribution >= 0.6 is 0 Å². The molecular weight excluding hydrogens is 178 g/mol. The van der Waals surface area contributed by atoms with Crippen molar-refractivity contribution in [2.75, 3.05) is 6.54 Å². The minimum absolute atomic E-state index is 0.609. The minimum Gasteiger partial charge on any atom is -0.219 e. The monoisotopic (exact) mass is 193 g/mol. The van der Waals surface area contributed by atoms with E-state index in [1.54, 1.807) is 0 Å². The third-order valence-corrected chi connectivity index (χ3v) is 2.32. The SMILES string of the molecule is CC(C)c1ccc(CCN=S)cc1. The van der Waals surface area contributed by atoms with Crippen molar-refractivity contribution in [2.24, 2.45) is 4.36 Å². The van der Waals surface area contributed by atoms with Gasteiger partial charge < -0.3 is 0 Å². The van der Waals surface area contributed by atoms with Gasteiger partial charge in [-0.3, -0.25) is 0 Å². The Labute approximate surface area is 85.3 Å². The van der Waals surface area contributed by atoms with Gasteiger partial charge in [0.2, 0.25) is 0 Å². The molecule has 0 N–H and O–H groups in total. The zero-order valence-corrected chi connectivity index (χ0v) is 8.97. The van der Waals surface area contributed by atoms with E-state index in [1.807, 2.05) is 0 Å². The van der Waals surface area contributed by atoms with Crippen LogP contribution in [-0.4, -0.2) is 6.54 Å². The van der Waals surface area contributed by atoms with Crippen LogP contribution in [0.5, 0.6) is 0 Å². The van der Waals surface area contributed by atoms with E-state index in [4.69, 9.17) is 0 Å². The molecule has 1 aromatic carbocycles. The molecule has 70 valence electrons. The fraction of sp³-hybridized carbons (Fsp3) is 0.455. The molecule has 0 amide bonds. The molecule has 0 saturated heterocycles. The van der Waals surface area contributed by atoms with Crippen molar-refractivity contribution in [1.29, 1.82) is 0 Å². The van der Waals surface area contributed by atoms with Crippen LogP contribution in [0, 0.1) is 0 Å². The highest BCUT2D eigenvalue weighted by Crippen LogP contribution is 2.14. The second-order valence-electron chi connectivity index (χ2n) is 3.50. The minimum atomic E-state index is 0.609. The normalized spacial score (nSPS) is 10.4. The van der Waals surface area contributed by atoms with E-state index in [0.717, 1.165) is 13.0 Å². The lowest BCUT2D eigenvalue weighted by Gasteiger charge is -2.05. The molecule has 0 saturated carbocycles. The molecule has 0 unspecified atom stereocenters. The van der Waals surface area contributed by atoms with E-state index in [2.05, 4.69) is 54.9 Å². The molecule has 1 nitrogen and oxygen atoms in total. The van der Waals surface area contributed by atoms with Crippen LogP contribution in [-0.2, 0) is 18.8 Å². The molecule has 0 bridgehead atoms. The first-order valence-electron chi connectivity index (χ1n) is 4.62. The van der Waals surface area contributed by atoms with Crippen molar-refractivity contribution in [3.8, 4) is 0 Å². The lowest BCUT2D eigenvalue weighted by molar-refractivity contribution is 0.863. The largest absolute Gasteiger partial charge is 0.219 e. The fourth-order valence-corrected chi connectivity index (χ4v) is 1.34. The lowest BCUT2D eigenvalue weighted by atomic mass is 10.0. The van der Waals surface area contributed by atoms with E-state index in [1.165, 1.54) is 11.1 Å². The van der Waals surface area contributed by atoms with E-state index in [9.17, 15) is 0 Å². The van der Waals surface area contributed by atoms with E-state index >= 15 is 0 Å². The molecule has 0 heterocycles. The van der Waals surface area contributed by atoms with Gasteiger partial charge in [0.05, 0.1) is 6.54 Å². The van der Waals surface area contributed by atoms with Crippen molar-refractivity contribution < 1.29 is 0 Å². The first-order chi connectivity index (χ1) is 6.24. The molecule has 0 atom stereocenters. The van der Waals surface area contributed by atoms with Gasteiger partial charge in [-0.2, -0.15) is 0 Å². The van der Waals surface area contributed by atoms with Gasteiger partial charge in [-0.05, 0) is 23.5 Å². The summed E-state index contributed by atoms with van der Waals surface area (Å²) >= 11 is 4.54. The predicted molar refractivity (Wildman–Crippen MR) is 58.9 cm³/mol. The maximum Gasteiger partial charge on any atom is 0.0561 e. The highest BCUT2D eigenvalue weighted by atomic mass is 32.1. The Morgan fingerprint density at radius 3 is 2.31 bits per heavy atom. The summed E-state index contributed by atoms with van der Waals surface area (Å²) in [7, 11) is 0. The highest BCUT2D eigenvalue weighted by molar-refractivity contribution is 7.47. The summed E-state index contributed by atoms with van der Waals surface area (Å²) in [5.41, 5.74) is 2.71. The summed E-state index contributed by atoms with van der Waals surface area (Å²) in [6.07, 6.45) is 0.960. The average molecular weight is 193 g/mol. The molecule has 0 aliphatic rings. The Kier molecular flexibility index (Phi) is 4.03. The van der Waals surface area contributed by atoms with Crippen LogP contribution < -0.4 is 0 Å². The first kappa shape index (κ1) is 10.3. The van der Waals surface area contributed by atoms with Crippen LogP contribution in [0.15, 0.2) is 28.6 Å². The van der Waals surface area contributed by atoms with Crippen LogP contribution in [0.4, 0.5) is 0 Å². The Balaban J connectivity index is 2.64. The van der Waals surface area contributed by atoms with Gasteiger partial charge in [0.1, 0.15) is 0 Å². The van der Waals surface area contributed by atoms with Crippen molar-refractivity contribution in [3.63, 3.8) is 0 Å². The zero-order valence-electron chi connectivity index (χ0n) is 8.16. The van der Waals surface area contributed by atoms with Crippen LogP contribution in [0.3, 0.4) is 0 Å². The Bertz CT molecular complexity index is 264. The Hall–Kier alpha value is -0.760. The molecule has 0 fully saturated rings. The van der Waals surface area contributed by atoms with Crippen molar-refractivity contribution in [2.45, 2.75) is 26.2 Å². The second kappa shape index (κ2) is 5.07. The number of hydrogen-bond donors (Lipinski definition) is 0. The molecule has 2 heteroatoms. The second-order valence-corrected chi connectivity index (χ2v) is 3.76. The third kappa shape index (κ3) is 3.23. The molecule has 1 aromatic rings. The summed E-state index contributed by atoms with van der Waals surface area (Å²) in [5.74, 6) is 0.609.